The van der Waals surface area contributed by atoms with E-state index in [0.717, 1.165) is 10.6 Å². The summed E-state index contributed by atoms with van der Waals surface area (Å²) in [6, 6.07) is 14.5. The Kier molecular flexibility index (Phi) is 5.41. The van der Waals surface area contributed by atoms with Crippen molar-refractivity contribution in [3.63, 3.8) is 0 Å². The maximum atomic E-state index is 12.7. The quantitative estimate of drug-likeness (QED) is 0.899. The van der Waals surface area contributed by atoms with Gasteiger partial charge in [0.25, 0.3) is 0 Å². The van der Waals surface area contributed by atoms with Crippen molar-refractivity contribution in [3.05, 3.63) is 65.2 Å². The highest BCUT2D eigenvalue weighted by Gasteiger charge is 2.30. The third kappa shape index (κ3) is 4.31. The number of anilines is 1. The molecule has 1 amide bonds. The molecule has 0 saturated carbocycles. The van der Waals surface area contributed by atoms with Crippen molar-refractivity contribution in [2.45, 2.75) is 6.04 Å². The highest BCUT2D eigenvalue weighted by molar-refractivity contribution is 7.88. The summed E-state index contributed by atoms with van der Waals surface area (Å²) in [4.78, 5) is 12.7. The Morgan fingerprint density at radius 3 is 2.22 bits per heavy atom. The number of hydrogen-bond acceptors (Lipinski definition) is 3. The van der Waals surface area contributed by atoms with Gasteiger partial charge in [0.15, 0.2) is 0 Å². The topological polar surface area (TPSA) is 66.5 Å². The third-order valence-electron chi connectivity index (χ3n) is 3.38. The fourth-order valence-electron chi connectivity index (χ4n) is 2.12. The molecule has 0 spiro atoms. The standard InChI is InChI=1S/C16H17ClN2O3S/c1-19(23(2,21)22)15(12-8-4-3-5-9-12)16(20)18-14-11-7-6-10-13(14)17/h3-11,15H,1-2H3,(H,18,20)/t15-/m1/s1. The summed E-state index contributed by atoms with van der Waals surface area (Å²) < 4.78 is 24.8. The van der Waals surface area contributed by atoms with E-state index in [2.05, 4.69) is 5.32 Å². The van der Waals surface area contributed by atoms with Crippen molar-refractivity contribution in [3.8, 4) is 0 Å². The molecule has 0 aliphatic rings. The van der Waals surface area contributed by atoms with E-state index in [1.165, 1.54) is 7.05 Å². The average Bonchev–Trinajstić information content (AvgIpc) is 2.50. The van der Waals surface area contributed by atoms with E-state index in [0.29, 0.717) is 16.3 Å². The second kappa shape index (κ2) is 7.12. The summed E-state index contributed by atoms with van der Waals surface area (Å²) in [5.74, 6) is -0.475. The molecule has 1 atom stereocenters. The lowest BCUT2D eigenvalue weighted by Crippen LogP contribution is -2.38. The van der Waals surface area contributed by atoms with E-state index < -0.39 is 22.0 Å². The molecule has 1 N–H and O–H groups in total. The molecule has 0 fully saturated rings. The first-order chi connectivity index (χ1) is 10.8. The summed E-state index contributed by atoms with van der Waals surface area (Å²) >= 11 is 6.04. The largest absolute Gasteiger partial charge is 0.323 e. The van der Waals surface area contributed by atoms with Crippen LogP contribution >= 0.6 is 11.6 Å². The van der Waals surface area contributed by atoms with Gasteiger partial charge in [0.1, 0.15) is 6.04 Å². The molecule has 2 rings (SSSR count). The fraction of sp³-hybridized carbons (Fsp3) is 0.188. The Hall–Kier alpha value is -1.89. The van der Waals surface area contributed by atoms with Gasteiger partial charge in [-0.1, -0.05) is 54.1 Å². The Bertz CT molecular complexity index is 794. The molecule has 5 nitrogen and oxygen atoms in total. The third-order valence-corrected chi connectivity index (χ3v) is 4.97. The van der Waals surface area contributed by atoms with Crippen molar-refractivity contribution in [1.82, 2.24) is 4.31 Å². The molecule has 2 aromatic rings. The number of carbonyl (C=O) groups excluding carboxylic acids is 1. The van der Waals surface area contributed by atoms with Crippen LogP contribution in [-0.2, 0) is 14.8 Å². The highest BCUT2D eigenvalue weighted by atomic mass is 35.5. The summed E-state index contributed by atoms with van der Waals surface area (Å²) in [7, 11) is -2.18. The SMILES string of the molecule is CN([C@@H](C(=O)Nc1ccccc1Cl)c1ccccc1)S(C)(=O)=O. The minimum absolute atomic E-state index is 0.384. The van der Waals surface area contributed by atoms with Gasteiger partial charge in [-0.25, -0.2) is 8.42 Å². The maximum absolute atomic E-state index is 12.7. The Balaban J connectivity index is 2.38. The number of amides is 1. The van der Waals surface area contributed by atoms with Crippen molar-refractivity contribution in [1.29, 1.82) is 0 Å². The van der Waals surface area contributed by atoms with Crippen LogP contribution < -0.4 is 5.32 Å². The number of sulfonamides is 1. The maximum Gasteiger partial charge on any atom is 0.247 e. The van der Waals surface area contributed by atoms with E-state index in [1.807, 2.05) is 0 Å². The van der Waals surface area contributed by atoms with E-state index in [9.17, 15) is 13.2 Å². The molecular formula is C16H17ClN2O3S. The number of hydrogen-bond donors (Lipinski definition) is 1. The first kappa shape index (κ1) is 17.5. The van der Waals surface area contributed by atoms with Gasteiger partial charge >= 0.3 is 0 Å². The van der Waals surface area contributed by atoms with E-state index in [-0.39, 0.29) is 0 Å². The lowest BCUT2D eigenvalue weighted by molar-refractivity contribution is -0.119. The van der Waals surface area contributed by atoms with Gasteiger partial charge in [-0.3, -0.25) is 4.79 Å². The number of halogens is 1. The van der Waals surface area contributed by atoms with Crippen LogP contribution in [0.15, 0.2) is 54.6 Å². The van der Waals surface area contributed by atoms with Crippen LogP contribution in [-0.4, -0.2) is 31.9 Å². The first-order valence-electron chi connectivity index (χ1n) is 6.84. The smallest absolute Gasteiger partial charge is 0.247 e. The minimum atomic E-state index is -3.56. The van der Waals surface area contributed by atoms with E-state index in [4.69, 9.17) is 11.6 Å². The van der Waals surface area contributed by atoms with Gasteiger partial charge in [0.2, 0.25) is 15.9 Å². The monoisotopic (exact) mass is 352 g/mol. The van der Waals surface area contributed by atoms with E-state index >= 15 is 0 Å². The first-order valence-corrected chi connectivity index (χ1v) is 9.06. The second-order valence-corrected chi connectivity index (χ2v) is 7.51. The molecule has 7 heteroatoms. The molecule has 122 valence electrons. The second-order valence-electron chi connectivity index (χ2n) is 5.06. The van der Waals surface area contributed by atoms with Crippen molar-refractivity contribution < 1.29 is 13.2 Å². The van der Waals surface area contributed by atoms with Crippen LogP contribution in [0.2, 0.25) is 5.02 Å². The highest BCUT2D eigenvalue weighted by Crippen LogP contribution is 2.26. The van der Waals surface area contributed by atoms with Crippen LogP contribution in [0.3, 0.4) is 0 Å². The lowest BCUT2D eigenvalue weighted by atomic mass is 10.1. The molecule has 0 aliphatic heterocycles. The van der Waals surface area contributed by atoms with Gasteiger partial charge in [-0.2, -0.15) is 4.31 Å². The summed E-state index contributed by atoms with van der Waals surface area (Å²) in [5, 5.41) is 3.07. The van der Waals surface area contributed by atoms with Crippen LogP contribution in [0.25, 0.3) is 0 Å². The van der Waals surface area contributed by atoms with Gasteiger partial charge in [0.05, 0.1) is 17.0 Å². The van der Waals surface area contributed by atoms with Crippen molar-refractivity contribution in [2.24, 2.45) is 0 Å². The van der Waals surface area contributed by atoms with Gasteiger partial charge in [-0.15, -0.1) is 0 Å². The molecule has 23 heavy (non-hydrogen) atoms. The molecule has 0 heterocycles. The zero-order valence-corrected chi connectivity index (χ0v) is 14.3. The van der Waals surface area contributed by atoms with Crippen molar-refractivity contribution in [2.75, 3.05) is 18.6 Å². The summed E-state index contributed by atoms with van der Waals surface area (Å²) in [6.45, 7) is 0. The van der Waals surface area contributed by atoms with Crippen LogP contribution in [0.4, 0.5) is 5.69 Å². The summed E-state index contributed by atoms with van der Waals surface area (Å²) in [6.07, 6.45) is 1.06. The number of benzene rings is 2. The molecule has 0 bridgehead atoms. The molecule has 0 saturated heterocycles. The molecule has 0 aromatic heterocycles. The fourth-order valence-corrected chi connectivity index (χ4v) is 2.90. The Morgan fingerprint density at radius 1 is 1.09 bits per heavy atom. The van der Waals surface area contributed by atoms with Gasteiger partial charge in [-0.05, 0) is 17.7 Å². The zero-order chi connectivity index (χ0) is 17.0. The molecule has 0 aliphatic carbocycles. The van der Waals surface area contributed by atoms with Gasteiger partial charge < -0.3 is 5.32 Å². The summed E-state index contributed by atoms with van der Waals surface area (Å²) in [5.41, 5.74) is 1.01. The number of rotatable bonds is 5. The predicted molar refractivity (Wildman–Crippen MR) is 91.9 cm³/mol. The van der Waals surface area contributed by atoms with Crippen LogP contribution in [0, 0.1) is 0 Å². The lowest BCUT2D eigenvalue weighted by Gasteiger charge is -2.25. The van der Waals surface area contributed by atoms with Gasteiger partial charge in [0, 0.05) is 7.05 Å². The van der Waals surface area contributed by atoms with Crippen LogP contribution in [0.5, 0.6) is 0 Å². The molecular weight excluding hydrogens is 336 g/mol. The molecule has 0 unspecified atom stereocenters. The molecule has 2 aromatic carbocycles. The number of nitrogens with zero attached hydrogens (tertiary/aromatic N) is 1. The Morgan fingerprint density at radius 2 is 1.65 bits per heavy atom. The van der Waals surface area contributed by atoms with Crippen molar-refractivity contribution >= 4 is 33.2 Å². The van der Waals surface area contributed by atoms with Crippen LogP contribution in [0.1, 0.15) is 11.6 Å². The minimum Gasteiger partial charge on any atom is -0.323 e. The predicted octanol–water partition coefficient (Wildman–Crippen LogP) is 2.91. The number of likely N-dealkylation sites (N-methyl/N-ethyl adjacent to an activating group) is 1. The number of nitrogens with one attached hydrogen (secondary N) is 1. The number of carbonyl (C=O) groups is 1. The molecule has 0 radical (unpaired) electrons. The number of para-hydroxylation sites is 1. The normalized spacial score (nSPS) is 12.9. The zero-order valence-electron chi connectivity index (χ0n) is 12.7. The van der Waals surface area contributed by atoms with E-state index in [1.54, 1.807) is 54.6 Å². The Labute approximate surface area is 140 Å². The average molecular weight is 353 g/mol.